The van der Waals surface area contributed by atoms with Crippen molar-refractivity contribution in [3.63, 3.8) is 0 Å². The van der Waals surface area contributed by atoms with Crippen LogP contribution in [0.1, 0.15) is 5.56 Å². The molecule has 4 rings (SSSR count). The number of hydrogen-bond acceptors (Lipinski definition) is 3. The Hall–Kier alpha value is -2.96. The van der Waals surface area contributed by atoms with Gasteiger partial charge in [0.05, 0.1) is 0 Å². The van der Waals surface area contributed by atoms with E-state index >= 15 is 0 Å². The number of urea groups is 1. The molecular formula is C18H17FN4O2. The fourth-order valence-electron chi connectivity index (χ4n) is 3.34. The number of hydrogen-bond donors (Lipinski definition) is 1. The van der Waals surface area contributed by atoms with E-state index in [2.05, 4.69) is 10.4 Å². The molecule has 1 aliphatic carbocycles. The van der Waals surface area contributed by atoms with Gasteiger partial charge >= 0.3 is 6.03 Å². The molecule has 1 N–H and O–H groups in total. The first-order valence-electron chi connectivity index (χ1n) is 8.09. The molecule has 1 aromatic carbocycles. The van der Waals surface area contributed by atoms with Crippen LogP contribution in [0.25, 0.3) is 0 Å². The molecule has 1 fully saturated rings. The molecule has 1 aromatic heterocycles. The van der Waals surface area contributed by atoms with Gasteiger partial charge in [-0.05, 0) is 41.7 Å². The van der Waals surface area contributed by atoms with E-state index in [1.807, 2.05) is 12.3 Å². The maximum absolute atomic E-state index is 13.3. The quantitative estimate of drug-likeness (QED) is 0.931. The molecule has 2 heterocycles. The number of nitrogens with zero attached hydrogens (tertiary/aromatic N) is 3. The van der Waals surface area contributed by atoms with E-state index in [1.54, 1.807) is 17.0 Å². The Kier molecular flexibility index (Phi) is 3.63. The highest BCUT2D eigenvalue weighted by Crippen LogP contribution is 2.52. The highest BCUT2D eigenvalue weighted by molar-refractivity contribution is 5.89. The Morgan fingerprint density at radius 1 is 1.36 bits per heavy atom. The summed E-state index contributed by atoms with van der Waals surface area (Å²) in [5, 5.41) is 6.67. The molecule has 128 valence electrons. The van der Waals surface area contributed by atoms with Gasteiger partial charge in [0.25, 0.3) is 5.56 Å². The summed E-state index contributed by atoms with van der Waals surface area (Å²) >= 11 is 0. The van der Waals surface area contributed by atoms with Crippen molar-refractivity contribution < 1.29 is 9.18 Å². The Balaban J connectivity index is 1.38. The second-order valence-corrected chi connectivity index (χ2v) is 6.44. The van der Waals surface area contributed by atoms with E-state index in [-0.39, 0.29) is 17.4 Å². The fourth-order valence-corrected chi connectivity index (χ4v) is 3.34. The van der Waals surface area contributed by atoms with Crippen molar-refractivity contribution in [2.75, 3.05) is 11.9 Å². The van der Waals surface area contributed by atoms with Gasteiger partial charge in [0.1, 0.15) is 5.82 Å². The molecule has 7 heteroatoms. The molecule has 2 aromatic rings. The van der Waals surface area contributed by atoms with Crippen molar-refractivity contribution >= 4 is 11.8 Å². The largest absolute Gasteiger partial charge is 0.327 e. The summed E-state index contributed by atoms with van der Waals surface area (Å²) in [6.45, 7) is 0.618. The lowest BCUT2D eigenvalue weighted by atomic mass is 10.1. The number of aryl methyl sites for hydroxylation is 1. The molecule has 0 spiro atoms. The van der Waals surface area contributed by atoms with Gasteiger partial charge in [0.2, 0.25) is 0 Å². The maximum Gasteiger partial charge on any atom is 0.327 e. The van der Waals surface area contributed by atoms with Crippen LogP contribution in [0.5, 0.6) is 0 Å². The molecule has 0 radical (unpaired) electrons. The average Bonchev–Trinajstić information content (AvgIpc) is 3.02. The predicted octanol–water partition coefficient (Wildman–Crippen LogP) is 2.14. The molecule has 0 bridgehead atoms. The number of aromatic nitrogens is 2. The van der Waals surface area contributed by atoms with Crippen LogP contribution in [0.15, 0.2) is 53.0 Å². The predicted molar refractivity (Wildman–Crippen MR) is 90.4 cm³/mol. The normalized spacial score (nSPS) is 20.9. The van der Waals surface area contributed by atoms with Crippen LogP contribution < -0.4 is 10.9 Å². The number of fused-ring (bicyclic) bond motifs is 1. The van der Waals surface area contributed by atoms with Gasteiger partial charge in [0, 0.05) is 31.8 Å². The summed E-state index contributed by atoms with van der Waals surface area (Å²) in [4.78, 5) is 25.2. The van der Waals surface area contributed by atoms with Crippen LogP contribution in [0.4, 0.5) is 15.0 Å². The van der Waals surface area contributed by atoms with Gasteiger partial charge in [-0.2, -0.15) is 5.10 Å². The minimum atomic E-state index is -0.268. The summed E-state index contributed by atoms with van der Waals surface area (Å²) in [6.07, 6.45) is 2.66. The molecule has 1 aliphatic heterocycles. The van der Waals surface area contributed by atoms with Crippen molar-refractivity contribution in [3.8, 4) is 0 Å². The van der Waals surface area contributed by atoms with E-state index in [9.17, 15) is 14.0 Å². The molecule has 2 atom stereocenters. The van der Waals surface area contributed by atoms with Gasteiger partial charge in [-0.3, -0.25) is 10.1 Å². The number of carbonyl (C=O) groups is 1. The van der Waals surface area contributed by atoms with E-state index in [4.69, 9.17) is 0 Å². The Morgan fingerprint density at radius 2 is 2.20 bits per heavy atom. The third-order valence-electron chi connectivity index (χ3n) is 4.73. The van der Waals surface area contributed by atoms with Crippen molar-refractivity contribution in [2.45, 2.75) is 6.42 Å². The number of benzene rings is 1. The van der Waals surface area contributed by atoms with Gasteiger partial charge in [-0.15, -0.1) is 0 Å². The lowest BCUT2D eigenvalue weighted by Crippen LogP contribution is -2.32. The average molecular weight is 340 g/mol. The summed E-state index contributed by atoms with van der Waals surface area (Å²) in [5.74, 6) is 0.856. The number of halogens is 1. The Labute approximate surface area is 143 Å². The number of carbonyl (C=O) groups excluding carboxylic acids is 1. The molecule has 2 aliphatic rings. The molecule has 6 nitrogen and oxygen atoms in total. The minimum Gasteiger partial charge on any atom is -0.300 e. The summed E-state index contributed by atoms with van der Waals surface area (Å²) < 4.78 is 14.4. The molecule has 0 saturated heterocycles. The van der Waals surface area contributed by atoms with E-state index in [0.717, 1.165) is 12.0 Å². The second-order valence-electron chi connectivity index (χ2n) is 6.44. The third kappa shape index (κ3) is 3.05. The number of amides is 2. The first-order valence-corrected chi connectivity index (χ1v) is 8.09. The zero-order valence-corrected chi connectivity index (χ0v) is 13.6. The van der Waals surface area contributed by atoms with Crippen molar-refractivity contribution in [1.82, 2.24) is 14.7 Å². The molecular weight excluding hydrogens is 323 g/mol. The first kappa shape index (κ1) is 15.6. The van der Waals surface area contributed by atoms with Crippen LogP contribution in [0.2, 0.25) is 0 Å². The fraction of sp³-hybridized carbons (Fsp3) is 0.278. The Bertz CT molecular complexity index is 937. The number of anilines is 1. The lowest BCUT2D eigenvalue weighted by molar-refractivity contribution is 0.228. The summed E-state index contributed by atoms with van der Waals surface area (Å²) in [5.41, 5.74) is 1.97. The topological polar surface area (TPSA) is 67.2 Å². The molecule has 1 saturated carbocycles. The van der Waals surface area contributed by atoms with Crippen molar-refractivity contribution in [3.05, 3.63) is 69.9 Å². The number of nitrogens with one attached hydrogen (secondary N) is 1. The monoisotopic (exact) mass is 340 g/mol. The molecule has 2 amide bonds. The van der Waals surface area contributed by atoms with Crippen LogP contribution >= 0.6 is 0 Å². The van der Waals surface area contributed by atoms with Crippen molar-refractivity contribution in [1.29, 1.82) is 0 Å². The Morgan fingerprint density at radius 3 is 2.88 bits per heavy atom. The van der Waals surface area contributed by atoms with Crippen LogP contribution in [0, 0.1) is 17.7 Å². The second kappa shape index (κ2) is 5.84. The maximum atomic E-state index is 13.3. The summed E-state index contributed by atoms with van der Waals surface area (Å²) in [7, 11) is 1.53. The van der Waals surface area contributed by atoms with Gasteiger partial charge in [0.15, 0.2) is 5.82 Å². The standard InChI is InChI=1S/C18H17FN4O2/c1-22-17(24)6-5-16(21-22)20-18(25)23-9-14-13(15(14)10-23)8-11-3-2-4-12(19)7-11/h2-7,9,13,15H,8,10H2,1H3,(H,20,21,25). The minimum absolute atomic E-state index is 0.219. The molecule has 2 unspecified atom stereocenters. The SMILES string of the molecule is Cn1nc(NC(=O)N2C=C3C(Cc4cccc(F)c4)C3C2)ccc1=O. The van der Waals surface area contributed by atoms with Gasteiger partial charge in [-0.1, -0.05) is 12.1 Å². The number of rotatable bonds is 3. The van der Waals surface area contributed by atoms with E-state index in [0.29, 0.717) is 24.2 Å². The first-order chi connectivity index (χ1) is 12.0. The van der Waals surface area contributed by atoms with Crippen LogP contribution in [0.3, 0.4) is 0 Å². The van der Waals surface area contributed by atoms with Crippen LogP contribution in [-0.4, -0.2) is 27.3 Å². The summed E-state index contributed by atoms with van der Waals surface area (Å²) in [6, 6.07) is 9.22. The zero-order valence-electron chi connectivity index (χ0n) is 13.6. The highest BCUT2D eigenvalue weighted by atomic mass is 19.1. The smallest absolute Gasteiger partial charge is 0.300 e. The van der Waals surface area contributed by atoms with Gasteiger partial charge < -0.3 is 4.90 Å². The van der Waals surface area contributed by atoms with Crippen molar-refractivity contribution in [2.24, 2.45) is 18.9 Å². The van der Waals surface area contributed by atoms with Crippen LogP contribution in [-0.2, 0) is 13.5 Å². The van der Waals surface area contributed by atoms with E-state index < -0.39 is 0 Å². The van der Waals surface area contributed by atoms with Gasteiger partial charge in [-0.25, -0.2) is 13.9 Å². The highest BCUT2D eigenvalue weighted by Gasteiger charge is 2.49. The third-order valence-corrected chi connectivity index (χ3v) is 4.73. The van der Waals surface area contributed by atoms with E-state index in [1.165, 1.54) is 35.5 Å². The zero-order chi connectivity index (χ0) is 17.6. The lowest BCUT2D eigenvalue weighted by Gasteiger charge is -2.17. The molecule has 25 heavy (non-hydrogen) atoms.